The summed E-state index contributed by atoms with van der Waals surface area (Å²) in [6.45, 7) is 6.57. The van der Waals surface area contributed by atoms with E-state index in [1.165, 1.54) is 0 Å². The highest BCUT2D eigenvalue weighted by atomic mass is 28.3. The summed E-state index contributed by atoms with van der Waals surface area (Å²) in [5.74, 6) is 0. The molecule has 0 spiro atoms. The van der Waals surface area contributed by atoms with Crippen LogP contribution in [-0.2, 0) is 8.85 Å². The molecule has 0 aliphatic carbocycles. The summed E-state index contributed by atoms with van der Waals surface area (Å²) in [6, 6.07) is 0. The van der Waals surface area contributed by atoms with Crippen LogP contribution < -0.4 is 5.73 Å². The Morgan fingerprint density at radius 3 is 2.14 bits per heavy atom. The van der Waals surface area contributed by atoms with Crippen molar-refractivity contribution in [3.05, 3.63) is 0 Å². The number of nitrogens with two attached hydrogens (primary N) is 1. The van der Waals surface area contributed by atoms with Crippen molar-refractivity contribution >= 4 is 14.6 Å². The van der Waals surface area contributed by atoms with Crippen LogP contribution in [0.25, 0.3) is 0 Å². The maximum Gasteiger partial charge on any atom is 0.475 e. The average molecular weight is 217 g/mol. The van der Waals surface area contributed by atoms with Crippen LogP contribution in [0.2, 0.25) is 0 Å². The van der Waals surface area contributed by atoms with Crippen LogP contribution in [0.4, 0.5) is 0 Å². The lowest BCUT2D eigenvalue weighted by molar-refractivity contribution is 0.216. The van der Waals surface area contributed by atoms with Crippen LogP contribution in [0.1, 0.15) is 39.5 Å². The lowest BCUT2D eigenvalue weighted by Crippen LogP contribution is -2.18. The third-order valence-electron chi connectivity index (χ3n) is 1.62. The van der Waals surface area contributed by atoms with Gasteiger partial charge < -0.3 is 14.6 Å². The van der Waals surface area contributed by atoms with Gasteiger partial charge >= 0.3 is 8.90 Å². The third-order valence-corrected chi connectivity index (χ3v) is 3.22. The smallest absolute Gasteiger partial charge is 0.475 e. The summed E-state index contributed by atoms with van der Waals surface area (Å²) < 4.78 is 11.2. The zero-order valence-electron chi connectivity index (χ0n) is 9.42. The Hall–Kier alpha value is -0.353. The minimum Gasteiger partial charge on any atom is -0.524 e. The molecular formula is C10H23NO2Si. The first-order chi connectivity index (χ1) is 6.85. The highest BCUT2D eigenvalue weighted by molar-refractivity contribution is 6.54. The third kappa shape index (κ3) is 8.25. The van der Waals surface area contributed by atoms with E-state index in [-0.39, 0.29) is 0 Å². The fourth-order valence-corrected chi connectivity index (χ4v) is 2.47. The molecule has 0 radical (unpaired) electrons. The highest BCUT2D eigenvalue weighted by Gasteiger charge is 2.01. The second kappa shape index (κ2) is 10.7. The van der Waals surface area contributed by atoms with Gasteiger partial charge in [0.15, 0.2) is 0 Å². The monoisotopic (exact) mass is 217 g/mol. The van der Waals surface area contributed by atoms with Crippen molar-refractivity contribution in [1.29, 1.82) is 0 Å². The summed E-state index contributed by atoms with van der Waals surface area (Å²) in [4.78, 5) is 0. The van der Waals surface area contributed by atoms with Gasteiger partial charge in [-0.25, -0.2) is 0 Å². The summed E-state index contributed by atoms with van der Waals surface area (Å²) in [6.07, 6.45) is 4.14. The molecule has 0 aromatic rings. The van der Waals surface area contributed by atoms with Crippen molar-refractivity contribution in [3.8, 4) is 0 Å². The maximum absolute atomic E-state index is 5.62. The van der Waals surface area contributed by atoms with Crippen molar-refractivity contribution in [2.75, 3.05) is 19.8 Å². The van der Waals surface area contributed by atoms with Crippen molar-refractivity contribution in [3.63, 3.8) is 0 Å². The standard InChI is InChI=1S/C10H23NO2Si/c1-3-8-12-14(13-9-4-2)10-6-5-7-11/h10H,3-9,11H2,1-2H3. The van der Waals surface area contributed by atoms with E-state index in [9.17, 15) is 0 Å². The Bertz CT molecular complexity index is 141. The zero-order valence-corrected chi connectivity index (χ0v) is 10.4. The summed E-state index contributed by atoms with van der Waals surface area (Å²) >= 11 is 0. The van der Waals surface area contributed by atoms with Crippen LogP contribution >= 0.6 is 0 Å². The van der Waals surface area contributed by atoms with Gasteiger partial charge in [0, 0.05) is 0 Å². The van der Waals surface area contributed by atoms with Gasteiger partial charge in [0.1, 0.15) is 0 Å². The molecule has 0 aliphatic rings. The Balaban J connectivity index is 3.75. The SMILES string of the molecule is CCCO[Si](=CCCCN)OCCC. The van der Waals surface area contributed by atoms with E-state index >= 15 is 0 Å². The van der Waals surface area contributed by atoms with Crippen molar-refractivity contribution < 1.29 is 8.85 Å². The van der Waals surface area contributed by atoms with Gasteiger partial charge in [0.05, 0.1) is 13.2 Å². The molecule has 0 fully saturated rings. The lowest BCUT2D eigenvalue weighted by Gasteiger charge is -2.09. The molecule has 0 aliphatic heterocycles. The first-order valence-corrected chi connectivity index (χ1v) is 6.90. The molecule has 3 nitrogen and oxygen atoms in total. The molecule has 0 heterocycles. The van der Waals surface area contributed by atoms with E-state index in [1.807, 2.05) is 0 Å². The summed E-state index contributed by atoms with van der Waals surface area (Å²) in [5.41, 5.74) is 7.59. The quantitative estimate of drug-likeness (QED) is 0.470. The molecule has 0 atom stereocenters. The highest BCUT2D eigenvalue weighted by Crippen LogP contribution is 1.89. The number of rotatable bonds is 9. The van der Waals surface area contributed by atoms with E-state index in [2.05, 4.69) is 19.5 Å². The topological polar surface area (TPSA) is 44.5 Å². The Kier molecular flexibility index (Phi) is 10.5. The molecule has 0 aromatic heterocycles. The predicted octanol–water partition coefficient (Wildman–Crippen LogP) is 1.45. The molecule has 4 heteroatoms. The molecule has 0 aromatic carbocycles. The first kappa shape index (κ1) is 13.6. The van der Waals surface area contributed by atoms with Gasteiger partial charge in [-0.2, -0.15) is 0 Å². The van der Waals surface area contributed by atoms with Crippen LogP contribution in [0, 0.1) is 0 Å². The van der Waals surface area contributed by atoms with Crippen molar-refractivity contribution in [2.45, 2.75) is 39.5 Å². The van der Waals surface area contributed by atoms with Gasteiger partial charge in [-0.1, -0.05) is 13.8 Å². The fourth-order valence-electron chi connectivity index (χ4n) is 0.903. The van der Waals surface area contributed by atoms with Crippen LogP contribution in [0.3, 0.4) is 0 Å². The lowest BCUT2D eigenvalue weighted by atomic mass is 10.3. The second-order valence-corrected chi connectivity index (χ2v) is 4.77. The molecule has 14 heavy (non-hydrogen) atoms. The Morgan fingerprint density at radius 1 is 1.14 bits per heavy atom. The largest absolute Gasteiger partial charge is 0.524 e. The predicted molar refractivity (Wildman–Crippen MR) is 62.6 cm³/mol. The van der Waals surface area contributed by atoms with E-state index in [0.717, 1.165) is 45.4 Å². The van der Waals surface area contributed by atoms with Crippen LogP contribution in [0.15, 0.2) is 0 Å². The minimum absolute atomic E-state index is 0.743. The average Bonchev–Trinajstić information content (AvgIpc) is 2.21. The van der Waals surface area contributed by atoms with Gasteiger partial charge in [0.25, 0.3) is 0 Å². The van der Waals surface area contributed by atoms with Gasteiger partial charge in [-0.15, -0.1) is 0 Å². The molecule has 0 bridgehead atoms. The Labute approximate surface area is 89.1 Å². The number of unbranched alkanes of at least 4 members (excludes halogenated alkanes) is 1. The molecule has 0 amide bonds. The number of hydrogen-bond donors (Lipinski definition) is 1. The molecule has 84 valence electrons. The summed E-state index contributed by atoms with van der Waals surface area (Å²) in [5, 5.41) is 0. The molecule has 0 unspecified atom stereocenters. The molecule has 0 saturated heterocycles. The number of hydrogen-bond acceptors (Lipinski definition) is 3. The van der Waals surface area contributed by atoms with E-state index in [1.54, 1.807) is 0 Å². The molecular weight excluding hydrogens is 194 g/mol. The molecule has 0 rings (SSSR count). The zero-order chi connectivity index (χ0) is 10.6. The molecule has 2 N–H and O–H groups in total. The van der Waals surface area contributed by atoms with E-state index < -0.39 is 8.90 Å². The normalized spacial score (nSPS) is 9.64. The van der Waals surface area contributed by atoms with Gasteiger partial charge in [-0.3, -0.25) is 0 Å². The van der Waals surface area contributed by atoms with Crippen LogP contribution in [0.5, 0.6) is 0 Å². The van der Waals surface area contributed by atoms with E-state index in [4.69, 9.17) is 14.6 Å². The Morgan fingerprint density at radius 2 is 1.71 bits per heavy atom. The maximum atomic E-state index is 5.62. The van der Waals surface area contributed by atoms with Gasteiger partial charge in [0.2, 0.25) is 0 Å². The van der Waals surface area contributed by atoms with Gasteiger partial charge in [-0.05, 0) is 37.9 Å². The minimum atomic E-state index is -1.12. The summed E-state index contributed by atoms with van der Waals surface area (Å²) in [7, 11) is -1.12. The fraction of sp³-hybridized carbons (Fsp3) is 0.900. The van der Waals surface area contributed by atoms with Crippen molar-refractivity contribution in [2.24, 2.45) is 5.73 Å². The van der Waals surface area contributed by atoms with Crippen molar-refractivity contribution in [1.82, 2.24) is 0 Å². The van der Waals surface area contributed by atoms with E-state index in [0.29, 0.717) is 0 Å². The van der Waals surface area contributed by atoms with Crippen LogP contribution in [-0.4, -0.2) is 34.3 Å². The second-order valence-electron chi connectivity index (χ2n) is 3.15. The first-order valence-electron chi connectivity index (χ1n) is 5.50. The molecule has 0 saturated carbocycles.